The summed E-state index contributed by atoms with van der Waals surface area (Å²) in [4.78, 5) is 38.5. The maximum Gasteiger partial charge on any atom is 0.262 e. The second-order valence-electron chi connectivity index (χ2n) is 6.83. The second-order valence-corrected chi connectivity index (χ2v) is 7.26. The lowest BCUT2D eigenvalue weighted by Gasteiger charge is -2.18. The molecule has 29 heavy (non-hydrogen) atoms. The number of carbonyl (C=O) groups is 3. The molecular weight excluding hydrogens is 392 g/mol. The monoisotopic (exact) mass is 414 g/mol. The Hall–Kier alpha value is -2.86. The summed E-state index contributed by atoms with van der Waals surface area (Å²) in [6, 6.07) is 11.5. The first-order valence-electron chi connectivity index (χ1n) is 9.62. The largest absolute Gasteiger partial charge is 0.484 e. The number of hydrogen-bond donors (Lipinski definition) is 1. The predicted molar refractivity (Wildman–Crippen MR) is 112 cm³/mol. The van der Waals surface area contributed by atoms with Crippen molar-refractivity contribution in [2.75, 3.05) is 25.0 Å². The van der Waals surface area contributed by atoms with Crippen molar-refractivity contribution in [3.8, 4) is 5.75 Å². The molecule has 3 rings (SSSR count). The second kappa shape index (κ2) is 9.56. The van der Waals surface area contributed by atoms with Crippen LogP contribution in [0.5, 0.6) is 5.75 Å². The number of likely N-dealkylation sites (tertiary alicyclic amines) is 1. The fourth-order valence-corrected chi connectivity index (χ4v) is 3.35. The van der Waals surface area contributed by atoms with Crippen LogP contribution in [0.3, 0.4) is 0 Å². The highest BCUT2D eigenvalue weighted by molar-refractivity contribution is 6.31. The van der Waals surface area contributed by atoms with E-state index in [0.29, 0.717) is 47.1 Å². The molecule has 0 unspecified atom stereocenters. The van der Waals surface area contributed by atoms with Gasteiger partial charge < -0.3 is 15.0 Å². The van der Waals surface area contributed by atoms with E-state index in [2.05, 4.69) is 5.32 Å². The van der Waals surface area contributed by atoms with E-state index in [1.165, 1.54) is 0 Å². The van der Waals surface area contributed by atoms with Gasteiger partial charge in [0.15, 0.2) is 12.4 Å². The lowest BCUT2D eigenvalue weighted by Crippen LogP contribution is -2.29. The Morgan fingerprint density at radius 2 is 1.76 bits per heavy atom. The fraction of sp³-hybridized carbons (Fsp3) is 0.318. The van der Waals surface area contributed by atoms with Gasteiger partial charge in [0.1, 0.15) is 5.75 Å². The Labute approximate surface area is 174 Å². The van der Waals surface area contributed by atoms with Crippen LogP contribution >= 0.6 is 11.6 Å². The summed E-state index contributed by atoms with van der Waals surface area (Å²) >= 11 is 6.05. The van der Waals surface area contributed by atoms with Crippen molar-refractivity contribution in [1.82, 2.24) is 4.90 Å². The third-order valence-corrected chi connectivity index (χ3v) is 4.98. The first-order valence-corrected chi connectivity index (χ1v) is 10.0. The number of benzene rings is 2. The Balaban J connectivity index is 1.63. The number of amides is 2. The number of nitrogens with zero attached hydrogens (tertiary/aromatic N) is 1. The summed E-state index contributed by atoms with van der Waals surface area (Å²) in [7, 11) is 0. The van der Waals surface area contributed by atoms with Gasteiger partial charge in [0, 0.05) is 30.1 Å². The Morgan fingerprint density at radius 1 is 1.07 bits per heavy atom. The molecule has 1 aliphatic heterocycles. The highest BCUT2D eigenvalue weighted by Gasteiger charge is 2.22. The number of carbonyl (C=O) groups excluding carboxylic acids is 3. The number of hydrogen-bond acceptors (Lipinski definition) is 4. The molecule has 0 radical (unpaired) electrons. The number of anilines is 1. The molecule has 1 fully saturated rings. The highest BCUT2D eigenvalue weighted by atomic mass is 35.5. The lowest BCUT2D eigenvalue weighted by molar-refractivity contribution is -0.118. The molecule has 2 aromatic carbocycles. The average molecular weight is 415 g/mol. The van der Waals surface area contributed by atoms with Gasteiger partial charge in [-0.3, -0.25) is 14.4 Å². The van der Waals surface area contributed by atoms with Crippen LogP contribution in [-0.4, -0.2) is 42.2 Å². The zero-order valence-electron chi connectivity index (χ0n) is 16.2. The molecule has 2 amide bonds. The molecule has 1 saturated heterocycles. The molecule has 1 N–H and O–H groups in total. The number of ether oxygens (including phenoxy) is 1. The predicted octanol–water partition coefficient (Wildman–Crippen LogP) is 4.19. The van der Waals surface area contributed by atoms with Crippen LogP contribution in [0.2, 0.25) is 5.02 Å². The minimum Gasteiger partial charge on any atom is -0.484 e. The number of rotatable bonds is 7. The van der Waals surface area contributed by atoms with Gasteiger partial charge >= 0.3 is 0 Å². The van der Waals surface area contributed by atoms with Crippen molar-refractivity contribution in [2.24, 2.45) is 0 Å². The van der Waals surface area contributed by atoms with Crippen LogP contribution in [0.1, 0.15) is 46.9 Å². The van der Waals surface area contributed by atoms with E-state index in [1.54, 1.807) is 54.3 Å². The van der Waals surface area contributed by atoms with Gasteiger partial charge in [0.2, 0.25) is 0 Å². The van der Waals surface area contributed by atoms with E-state index < -0.39 is 5.91 Å². The highest BCUT2D eigenvalue weighted by Crippen LogP contribution is 2.24. The molecule has 0 saturated carbocycles. The van der Waals surface area contributed by atoms with Gasteiger partial charge in [0.05, 0.1) is 11.3 Å². The maximum atomic E-state index is 12.7. The normalized spacial score (nSPS) is 13.2. The lowest BCUT2D eigenvalue weighted by atomic mass is 10.1. The Morgan fingerprint density at radius 3 is 2.41 bits per heavy atom. The molecule has 0 bridgehead atoms. The first kappa shape index (κ1) is 20.9. The van der Waals surface area contributed by atoms with E-state index >= 15 is 0 Å². The minimum atomic E-state index is -0.406. The number of nitrogens with one attached hydrogen (secondary N) is 1. The molecule has 0 aliphatic carbocycles. The standard InChI is InChI=1S/C22H23ClN2O4/c1-2-20(26)15-5-8-17(9-6-15)29-14-21(27)24-19-13-16(23)7-10-18(19)22(28)25-11-3-4-12-25/h5-10,13H,2-4,11-12,14H2,1H3,(H,24,27). The molecule has 1 heterocycles. The van der Waals surface area contributed by atoms with E-state index in [9.17, 15) is 14.4 Å². The number of ketones is 1. The Kier molecular flexibility index (Phi) is 6.88. The summed E-state index contributed by atoms with van der Waals surface area (Å²) in [5.74, 6) is 0.000673. The van der Waals surface area contributed by atoms with Crippen molar-refractivity contribution in [3.63, 3.8) is 0 Å². The smallest absolute Gasteiger partial charge is 0.262 e. The zero-order valence-corrected chi connectivity index (χ0v) is 17.0. The molecule has 1 aliphatic rings. The van der Waals surface area contributed by atoms with Crippen molar-refractivity contribution < 1.29 is 19.1 Å². The van der Waals surface area contributed by atoms with Gasteiger partial charge in [-0.25, -0.2) is 0 Å². The summed E-state index contributed by atoms with van der Waals surface area (Å²) in [6.45, 7) is 3.00. The summed E-state index contributed by atoms with van der Waals surface area (Å²) < 4.78 is 5.49. The van der Waals surface area contributed by atoms with Crippen LogP contribution < -0.4 is 10.1 Å². The van der Waals surface area contributed by atoms with Crippen LogP contribution in [0.15, 0.2) is 42.5 Å². The van der Waals surface area contributed by atoms with Gasteiger partial charge in [-0.2, -0.15) is 0 Å². The topological polar surface area (TPSA) is 75.7 Å². The summed E-state index contributed by atoms with van der Waals surface area (Å²) in [5.41, 5.74) is 1.38. The third-order valence-electron chi connectivity index (χ3n) is 4.75. The zero-order chi connectivity index (χ0) is 20.8. The van der Waals surface area contributed by atoms with Crippen molar-refractivity contribution in [2.45, 2.75) is 26.2 Å². The van der Waals surface area contributed by atoms with Crippen LogP contribution in [0, 0.1) is 0 Å². The van der Waals surface area contributed by atoms with Gasteiger partial charge in [-0.05, 0) is 55.3 Å². The first-order chi connectivity index (χ1) is 14.0. The molecule has 152 valence electrons. The van der Waals surface area contributed by atoms with E-state index in [1.807, 2.05) is 0 Å². The maximum absolute atomic E-state index is 12.7. The molecule has 6 nitrogen and oxygen atoms in total. The molecule has 2 aromatic rings. The van der Waals surface area contributed by atoms with Crippen LogP contribution in [-0.2, 0) is 4.79 Å². The van der Waals surface area contributed by atoms with Crippen LogP contribution in [0.4, 0.5) is 5.69 Å². The summed E-state index contributed by atoms with van der Waals surface area (Å²) in [5, 5.41) is 3.14. The SMILES string of the molecule is CCC(=O)c1ccc(OCC(=O)Nc2cc(Cl)ccc2C(=O)N2CCCC2)cc1. The fourth-order valence-electron chi connectivity index (χ4n) is 3.17. The summed E-state index contributed by atoms with van der Waals surface area (Å²) in [6.07, 6.45) is 2.40. The van der Waals surface area contributed by atoms with E-state index in [-0.39, 0.29) is 18.3 Å². The number of Topliss-reactive ketones (excluding diaryl/α,β-unsaturated/α-hetero) is 1. The molecule has 7 heteroatoms. The van der Waals surface area contributed by atoms with E-state index in [0.717, 1.165) is 12.8 Å². The quantitative estimate of drug-likeness (QED) is 0.689. The molecule has 0 aromatic heterocycles. The minimum absolute atomic E-state index is 0.0467. The van der Waals surface area contributed by atoms with Crippen LogP contribution in [0.25, 0.3) is 0 Å². The van der Waals surface area contributed by atoms with Gasteiger partial charge in [-0.1, -0.05) is 18.5 Å². The average Bonchev–Trinajstić information content (AvgIpc) is 3.27. The van der Waals surface area contributed by atoms with Gasteiger partial charge in [0.25, 0.3) is 11.8 Å². The Bertz CT molecular complexity index is 906. The van der Waals surface area contributed by atoms with E-state index in [4.69, 9.17) is 16.3 Å². The molecular formula is C22H23ClN2O4. The number of halogens is 1. The van der Waals surface area contributed by atoms with Crippen molar-refractivity contribution in [1.29, 1.82) is 0 Å². The van der Waals surface area contributed by atoms with Crippen molar-refractivity contribution >= 4 is 34.9 Å². The molecule has 0 spiro atoms. The van der Waals surface area contributed by atoms with Gasteiger partial charge in [-0.15, -0.1) is 0 Å². The van der Waals surface area contributed by atoms with Crippen molar-refractivity contribution in [3.05, 3.63) is 58.6 Å². The molecule has 0 atom stereocenters. The third kappa shape index (κ3) is 5.35.